The van der Waals surface area contributed by atoms with Crippen molar-refractivity contribution in [1.29, 1.82) is 0 Å². The van der Waals surface area contributed by atoms with Gasteiger partial charge in [0.15, 0.2) is 47.2 Å². The van der Waals surface area contributed by atoms with Gasteiger partial charge in [0, 0.05) is 10.8 Å². The van der Waals surface area contributed by atoms with E-state index in [-0.39, 0.29) is 0 Å². The van der Waals surface area contributed by atoms with Gasteiger partial charge in [0.2, 0.25) is 0 Å². The van der Waals surface area contributed by atoms with Crippen molar-refractivity contribution in [2.45, 2.75) is 79.1 Å². The molecule has 0 saturated carbocycles. The maximum atomic E-state index is 9.25. The van der Waals surface area contributed by atoms with Crippen molar-refractivity contribution in [3.05, 3.63) is 0 Å². The highest BCUT2D eigenvalue weighted by Crippen LogP contribution is 2.28. The summed E-state index contributed by atoms with van der Waals surface area (Å²) in [7, 11) is 0.491. The number of carboxylic acid groups (broad SMARTS) is 1. The van der Waals surface area contributed by atoms with E-state index in [9.17, 15) is 4.79 Å². The Labute approximate surface area is 259 Å². The molecule has 0 aliphatic heterocycles. The monoisotopic (exact) mass is 710 g/mol. The Hall–Kier alpha value is 2.09. The van der Waals surface area contributed by atoms with Crippen LogP contribution >= 0.6 is 50.2 Å². The normalized spacial score (nSPS) is 11.9. The van der Waals surface area contributed by atoms with Crippen LogP contribution in [0.25, 0.3) is 0 Å². The Kier molecular flexibility index (Phi) is 42.5. The van der Waals surface area contributed by atoms with Crippen molar-refractivity contribution < 1.29 is 28.0 Å². The molecule has 0 aliphatic rings. The van der Waals surface area contributed by atoms with Crippen LogP contribution in [0.3, 0.4) is 0 Å². The van der Waals surface area contributed by atoms with Crippen molar-refractivity contribution in [1.82, 2.24) is 0 Å². The number of hydrogen-bond acceptors (Lipinski definition) is 11. The zero-order valence-corrected chi connectivity index (χ0v) is 31.1. The van der Waals surface area contributed by atoms with Crippen LogP contribution in [0.15, 0.2) is 0 Å². The van der Waals surface area contributed by atoms with Gasteiger partial charge in [-0.1, -0.05) is 65.0 Å². The van der Waals surface area contributed by atoms with Crippen LogP contribution < -0.4 is 0 Å². The van der Waals surface area contributed by atoms with Crippen molar-refractivity contribution in [3.63, 3.8) is 0 Å². The summed E-state index contributed by atoms with van der Waals surface area (Å²) in [6, 6.07) is 0. The molecule has 0 bridgehead atoms. The molecule has 37 heavy (non-hydrogen) atoms. The maximum absolute atomic E-state index is 9.25. The fraction of sp³-hybridized carbons (Fsp3) is 0.952. The van der Waals surface area contributed by atoms with Crippen molar-refractivity contribution in [2.75, 3.05) is 51.1 Å². The summed E-state index contributed by atoms with van der Waals surface area (Å²) in [6.45, 7) is 8.51. The van der Waals surface area contributed by atoms with Gasteiger partial charge in [-0.3, -0.25) is 0 Å². The van der Waals surface area contributed by atoms with E-state index < -0.39 is 33.0 Å². The van der Waals surface area contributed by atoms with E-state index in [0.717, 1.165) is 24.6 Å². The highest BCUT2D eigenvalue weighted by Gasteiger charge is 2.15. The summed E-state index contributed by atoms with van der Waals surface area (Å²) in [5, 5.41) is 6.64. The Bertz CT molecular complexity index is 532. The van der Waals surface area contributed by atoms with Crippen LogP contribution in [-0.2, 0) is 65.3 Å². The molecule has 4 atom stereocenters. The molecule has 1 N–H and O–H groups in total. The lowest BCUT2D eigenvalue weighted by Gasteiger charge is -1.93. The molecule has 0 spiro atoms. The fourth-order valence-electron chi connectivity index (χ4n) is 1.96. The Morgan fingerprint density at radius 3 is 0.946 bits per heavy atom. The first kappa shape index (κ1) is 43.5. The average Bonchev–Trinajstić information content (AvgIpc) is 2.89. The Morgan fingerprint density at radius 2 is 0.811 bits per heavy atom. The first-order chi connectivity index (χ1) is 17.7. The lowest BCUT2D eigenvalue weighted by atomic mass is 10.4. The number of rotatable bonds is 22. The molecule has 0 fully saturated rings. The second kappa shape index (κ2) is 36.1. The Morgan fingerprint density at radius 1 is 0.622 bits per heavy atom. The number of hydrogen-bond donors (Lipinski definition) is 2. The molecule has 0 aliphatic carbocycles. The smallest absolute Gasteiger partial charge is 0.375 e. The van der Waals surface area contributed by atoms with Crippen LogP contribution in [0.1, 0.15) is 79.1 Å². The van der Waals surface area contributed by atoms with E-state index in [1.165, 1.54) is 51.4 Å². The zero-order chi connectivity index (χ0) is 28.7. The lowest BCUT2D eigenvalue weighted by molar-refractivity contribution is 0.222. The van der Waals surface area contributed by atoms with Gasteiger partial charge in [-0.15, -0.1) is 0 Å². The largest absolute Gasteiger partial charge is 0.473 e. The summed E-state index contributed by atoms with van der Waals surface area (Å²) < 4.78 is 22.1. The van der Waals surface area contributed by atoms with Gasteiger partial charge >= 0.3 is 33.0 Å². The fourth-order valence-corrected chi connectivity index (χ4v) is 8.33. The molecule has 0 aromatic heterocycles. The van der Waals surface area contributed by atoms with Gasteiger partial charge in [0.05, 0.1) is 0 Å². The summed E-state index contributed by atoms with van der Waals surface area (Å²) in [6.07, 6.45) is 13.5. The van der Waals surface area contributed by atoms with Crippen LogP contribution in [0.5, 0.6) is 0 Å². The minimum absolute atomic E-state index is 0.491. The van der Waals surface area contributed by atoms with Crippen LogP contribution in [0.2, 0.25) is 0 Å². The van der Waals surface area contributed by atoms with Crippen LogP contribution in [-0.4, -0.2) is 61.5 Å². The molecule has 6 nitrogen and oxygen atoms in total. The highest BCUT2D eigenvalue weighted by molar-refractivity contribution is 8.74. The van der Waals surface area contributed by atoms with Crippen LogP contribution in [0.4, 0.5) is 4.79 Å². The zero-order valence-electron chi connectivity index (χ0n) is 22.6. The van der Waals surface area contributed by atoms with E-state index in [1.54, 1.807) is 0 Å². The Balaban J connectivity index is -0.000000528. The quantitative estimate of drug-likeness (QED) is 0.0488. The van der Waals surface area contributed by atoms with E-state index >= 15 is 0 Å². The molecule has 16 heteroatoms. The number of unbranched alkanes of at least 4 members (excludes halogenated alkanes) is 4. The summed E-state index contributed by atoms with van der Waals surface area (Å²) in [4.78, 5) is 9.25. The first-order valence-electron chi connectivity index (χ1n) is 12.5. The second-order valence-corrected chi connectivity index (χ2v) is 18.8. The van der Waals surface area contributed by atoms with Gasteiger partial charge in [-0.2, -0.15) is 18.1 Å². The molecule has 0 heterocycles. The minimum Gasteiger partial charge on any atom is -0.473 e. The third kappa shape index (κ3) is 42.7. The summed E-state index contributed by atoms with van der Waals surface area (Å²) in [5.41, 5.74) is 0. The molecule has 0 radical (unpaired) electrons. The van der Waals surface area contributed by atoms with Gasteiger partial charge in [0.25, 0.3) is 0 Å². The van der Waals surface area contributed by atoms with Gasteiger partial charge in [0.1, 0.15) is 51.1 Å². The number of carbonyl (C=O) groups is 1. The predicted octanol–water partition coefficient (Wildman–Crippen LogP) is 9.92. The average molecular weight is 711 g/mol. The molecule has 0 aromatic rings. The standard InChI is InChI=1S/2C10H22O2P2S2.CH2O2S2/c2*1-3-5-9-13(15)11-7-8-12-14(16)10-6-4-2;2-1(3)5-4/h2*3-10H2,1-2H3;4H,(H,2,3)/q2*+2;. The first-order valence-corrected chi connectivity index (χ1v) is 24.2. The summed E-state index contributed by atoms with van der Waals surface area (Å²) in [5.74, 6) is 0. The van der Waals surface area contributed by atoms with Gasteiger partial charge < -0.3 is 5.11 Å². The predicted molar refractivity (Wildman–Crippen MR) is 185 cm³/mol. The lowest BCUT2D eigenvalue weighted by Crippen LogP contribution is -1.97. The number of thiol groups is 1. The molecule has 0 amide bonds. The second-order valence-electron chi connectivity index (χ2n) is 7.33. The summed E-state index contributed by atoms with van der Waals surface area (Å²) >= 11 is 24.2. The minimum atomic E-state index is -0.965. The van der Waals surface area contributed by atoms with Crippen molar-refractivity contribution in [2.24, 2.45) is 0 Å². The molecule has 0 aromatic carbocycles. The third-order valence-corrected chi connectivity index (χ3v) is 12.7. The van der Waals surface area contributed by atoms with Gasteiger partial charge in [-0.25, -0.2) is 4.79 Å². The van der Waals surface area contributed by atoms with Crippen molar-refractivity contribution in [3.8, 4) is 0 Å². The molecule has 4 unspecified atom stereocenters. The molecular weight excluding hydrogens is 665 g/mol. The molecule has 0 rings (SSSR count). The van der Waals surface area contributed by atoms with E-state index in [0.29, 0.717) is 37.2 Å². The van der Waals surface area contributed by atoms with E-state index in [1.807, 2.05) is 0 Å². The van der Waals surface area contributed by atoms with E-state index in [2.05, 4.69) is 39.4 Å². The van der Waals surface area contributed by atoms with E-state index in [4.69, 9.17) is 70.4 Å². The highest BCUT2D eigenvalue weighted by atomic mass is 33.1. The topological polar surface area (TPSA) is 74.2 Å². The van der Waals surface area contributed by atoms with Crippen LogP contribution in [0, 0.1) is 0 Å². The molecule has 0 saturated heterocycles. The maximum Gasteiger partial charge on any atom is 0.375 e. The molecular formula is C21H46O6P4S6+4. The van der Waals surface area contributed by atoms with Gasteiger partial charge in [-0.05, 0) is 25.7 Å². The van der Waals surface area contributed by atoms with Crippen molar-refractivity contribution >= 4 is 103 Å². The molecule has 218 valence electrons. The third-order valence-electron chi connectivity index (χ3n) is 3.96. The SMILES string of the molecule is CCCC[P+](=S)OCCO[P+](=S)CCCC.CCCC[P+](=S)OCCO[P+](=S)CCCC.O=C(O)SS.